The lowest BCUT2D eigenvalue weighted by molar-refractivity contribution is 0.0955. The molecule has 0 saturated heterocycles. The number of carbonyl (C=O) groups is 1. The van der Waals surface area contributed by atoms with Gasteiger partial charge < -0.3 is 9.13 Å². The molecule has 37 heavy (non-hydrogen) atoms. The molecule has 6 heteroatoms. The molecule has 0 atom stereocenters. The second-order valence-electron chi connectivity index (χ2n) is 8.92. The van der Waals surface area contributed by atoms with Crippen molar-refractivity contribution in [3.8, 4) is 22.6 Å². The van der Waals surface area contributed by atoms with Crippen LogP contribution in [0.25, 0.3) is 22.6 Å². The summed E-state index contributed by atoms with van der Waals surface area (Å²) in [7, 11) is 0. The van der Waals surface area contributed by atoms with Crippen molar-refractivity contribution >= 4 is 28.1 Å². The molecule has 5 aromatic rings. The molecule has 184 valence electrons. The zero-order valence-electron chi connectivity index (χ0n) is 20.9. The number of nitrogens with zero attached hydrogens (tertiary/aromatic N) is 3. The van der Waals surface area contributed by atoms with Crippen LogP contribution in [0.3, 0.4) is 0 Å². The Morgan fingerprint density at radius 2 is 1.51 bits per heavy atom. The van der Waals surface area contributed by atoms with Gasteiger partial charge in [0.05, 0.1) is 17.6 Å². The van der Waals surface area contributed by atoms with Gasteiger partial charge in [0.2, 0.25) is 0 Å². The van der Waals surface area contributed by atoms with E-state index in [1.165, 1.54) is 0 Å². The molecule has 0 bridgehead atoms. The molecule has 0 unspecified atom stereocenters. The summed E-state index contributed by atoms with van der Waals surface area (Å²) in [6.45, 7) is 6.18. The average molecular weight is 551 g/mol. The van der Waals surface area contributed by atoms with Gasteiger partial charge in [0.1, 0.15) is 0 Å². The Kier molecular flexibility index (Phi) is 6.93. The summed E-state index contributed by atoms with van der Waals surface area (Å²) in [6, 6.07) is 32.2. The van der Waals surface area contributed by atoms with Crippen molar-refractivity contribution in [3.63, 3.8) is 0 Å². The lowest BCUT2D eigenvalue weighted by atomic mass is 10.1. The van der Waals surface area contributed by atoms with Crippen molar-refractivity contribution in [2.24, 2.45) is 5.10 Å². The van der Waals surface area contributed by atoms with E-state index in [-0.39, 0.29) is 5.91 Å². The number of nitrogens with one attached hydrogen (secondary N) is 1. The summed E-state index contributed by atoms with van der Waals surface area (Å²) in [5.41, 5.74) is 11.7. The highest BCUT2D eigenvalue weighted by atomic mass is 79.9. The van der Waals surface area contributed by atoms with E-state index < -0.39 is 0 Å². The normalized spacial score (nSPS) is 11.2. The van der Waals surface area contributed by atoms with E-state index in [4.69, 9.17) is 0 Å². The number of carbonyl (C=O) groups excluding carboxylic acids is 1. The first-order valence-corrected chi connectivity index (χ1v) is 12.8. The zero-order valence-corrected chi connectivity index (χ0v) is 22.5. The van der Waals surface area contributed by atoms with E-state index >= 15 is 0 Å². The van der Waals surface area contributed by atoms with Gasteiger partial charge >= 0.3 is 0 Å². The van der Waals surface area contributed by atoms with Crippen molar-refractivity contribution < 1.29 is 4.79 Å². The Hall–Kier alpha value is -4.16. The third-order valence-corrected chi connectivity index (χ3v) is 7.14. The predicted octanol–water partition coefficient (Wildman–Crippen LogP) is 7.39. The fourth-order valence-electron chi connectivity index (χ4n) is 4.62. The van der Waals surface area contributed by atoms with Crippen molar-refractivity contribution in [3.05, 3.63) is 130 Å². The van der Waals surface area contributed by atoms with Crippen LogP contribution in [-0.4, -0.2) is 21.3 Å². The number of hydrogen-bond acceptors (Lipinski definition) is 2. The first kappa shape index (κ1) is 24.5. The van der Waals surface area contributed by atoms with Gasteiger partial charge in [0.15, 0.2) is 0 Å². The minimum atomic E-state index is -0.255. The highest BCUT2D eigenvalue weighted by Crippen LogP contribution is 2.27. The molecule has 0 radical (unpaired) electrons. The second-order valence-corrected chi connectivity index (χ2v) is 9.78. The lowest BCUT2D eigenvalue weighted by Crippen LogP contribution is -2.17. The first-order chi connectivity index (χ1) is 17.9. The van der Waals surface area contributed by atoms with Gasteiger partial charge in [-0.15, -0.1) is 0 Å². The smallest absolute Gasteiger partial charge is 0.271 e. The molecular weight excluding hydrogens is 524 g/mol. The molecule has 0 spiro atoms. The van der Waals surface area contributed by atoms with Crippen LogP contribution in [0.15, 0.2) is 107 Å². The monoisotopic (exact) mass is 550 g/mol. The van der Waals surface area contributed by atoms with E-state index in [1.54, 1.807) is 6.21 Å². The number of aromatic nitrogens is 2. The molecule has 0 aliphatic rings. The highest BCUT2D eigenvalue weighted by Gasteiger charge is 2.13. The van der Waals surface area contributed by atoms with Crippen LogP contribution in [0.5, 0.6) is 0 Å². The molecule has 3 aromatic carbocycles. The van der Waals surface area contributed by atoms with Crippen molar-refractivity contribution in [2.45, 2.75) is 20.8 Å². The van der Waals surface area contributed by atoms with E-state index in [2.05, 4.69) is 85.8 Å². The molecule has 0 saturated carbocycles. The Morgan fingerprint density at radius 3 is 2.24 bits per heavy atom. The Morgan fingerprint density at radius 1 is 0.811 bits per heavy atom. The molecule has 5 nitrogen and oxygen atoms in total. The minimum absolute atomic E-state index is 0.255. The lowest BCUT2D eigenvalue weighted by Gasteiger charge is -2.12. The third kappa shape index (κ3) is 4.93. The van der Waals surface area contributed by atoms with E-state index in [9.17, 15) is 4.79 Å². The fraction of sp³-hybridized carbons (Fsp3) is 0.0968. The largest absolute Gasteiger partial charge is 0.317 e. The molecule has 2 heterocycles. The Bertz CT molecular complexity index is 1590. The summed E-state index contributed by atoms with van der Waals surface area (Å²) < 4.78 is 5.37. The van der Waals surface area contributed by atoms with E-state index in [0.29, 0.717) is 5.56 Å². The zero-order chi connectivity index (χ0) is 25.9. The summed E-state index contributed by atoms with van der Waals surface area (Å²) in [6.07, 6.45) is 1.69. The van der Waals surface area contributed by atoms with Crippen LogP contribution in [0, 0.1) is 20.8 Å². The molecule has 1 amide bonds. The summed E-state index contributed by atoms with van der Waals surface area (Å²) in [5, 5.41) is 4.23. The summed E-state index contributed by atoms with van der Waals surface area (Å²) >= 11 is 3.63. The SMILES string of the molecule is Cc1ccc(-c2ccccc2)n1-c1ccc(C(=O)N/N=C/c2cc(C)n(-c3ccccc3Br)c2C)cc1. The maximum atomic E-state index is 12.8. The van der Waals surface area contributed by atoms with Crippen LogP contribution < -0.4 is 5.43 Å². The van der Waals surface area contributed by atoms with E-state index in [0.717, 1.165) is 49.8 Å². The Labute approximate surface area is 225 Å². The van der Waals surface area contributed by atoms with Gasteiger partial charge in [-0.3, -0.25) is 4.79 Å². The van der Waals surface area contributed by atoms with Crippen LogP contribution in [0.2, 0.25) is 0 Å². The molecule has 0 fully saturated rings. The minimum Gasteiger partial charge on any atom is -0.317 e. The summed E-state index contributed by atoms with van der Waals surface area (Å²) in [5.74, 6) is -0.255. The maximum absolute atomic E-state index is 12.8. The highest BCUT2D eigenvalue weighted by molar-refractivity contribution is 9.10. The molecular formula is C31H27BrN4O. The van der Waals surface area contributed by atoms with E-state index in [1.807, 2.05) is 67.6 Å². The fourth-order valence-corrected chi connectivity index (χ4v) is 5.09. The quantitative estimate of drug-likeness (QED) is 0.174. The number of rotatable bonds is 6. The number of hydrogen-bond donors (Lipinski definition) is 1. The van der Waals surface area contributed by atoms with Crippen molar-refractivity contribution in [2.75, 3.05) is 0 Å². The average Bonchev–Trinajstić information content (AvgIpc) is 3.43. The molecule has 0 aliphatic heterocycles. The molecule has 0 aliphatic carbocycles. The van der Waals surface area contributed by atoms with Gasteiger partial charge in [0.25, 0.3) is 5.91 Å². The van der Waals surface area contributed by atoms with Gasteiger partial charge in [-0.1, -0.05) is 42.5 Å². The standard InChI is InChI=1S/C31H27BrN4O/c1-21-13-18-29(24-9-5-4-6-10-24)36(21)27-16-14-25(15-17-27)31(37)34-33-20-26-19-22(2)35(23(26)3)30-12-8-7-11-28(30)32/h4-20H,1-3H3,(H,34,37)/b33-20+. The topological polar surface area (TPSA) is 51.3 Å². The summed E-state index contributed by atoms with van der Waals surface area (Å²) in [4.78, 5) is 12.8. The number of amides is 1. The van der Waals surface area contributed by atoms with Crippen LogP contribution >= 0.6 is 15.9 Å². The van der Waals surface area contributed by atoms with Crippen LogP contribution in [-0.2, 0) is 0 Å². The van der Waals surface area contributed by atoms with Crippen molar-refractivity contribution in [1.82, 2.24) is 14.6 Å². The van der Waals surface area contributed by atoms with Gasteiger partial charge in [-0.25, -0.2) is 5.43 Å². The first-order valence-electron chi connectivity index (χ1n) is 12.1. The van der Waals surface area contributed by atoms with Crippen LogP contribution in [0.4, 0.5) is 0 Å². The predicted molar refractivity (Wildman–Crippen MR) is 154 cm³/mol. The third-order valence-electron chi connectivity index (χ3n) is 6.47. The van der Waals surface area contributed by atoms with Crippen LogP contribution in [0.1, 0.15) is 33.0 Å². The van der Waals surface area contributed by atoms with Crippen molar-refractivity contribution in [1.29, 1.82) is 0 Å². The van der Waals surface area contributed by atoms with Gasteiger partial charge in [-0.05, 0) is 96.9 Å². The number of para-hydroxylation sites is 1. The molecule has 5 rings (SSSR count). The molecule has 2 aromatic heterocycles. The second kappa shape index (κ2) is 10.4. The maximum Gasteiger partial charge on any atom is 0.271 e. The van der Waals surface area contributed by atoms with Gasteiger partial charge in [-0.2, -0.15) is 5.10 Å². The number of benzene rings is 3. The molecule has 1 N–H and O–H groups in total. The van der Waals surface area contributed by atoms with Gasteiger partial charge in [0, 0.05) is 38.4 Å². The number of halogens is 1. The Balaban J connectivity index is 1.32. The number of hydrazone groups is 1. The number of aryl methyl sites for hydroxylation is 2.